The predicted octanol–water partition coefficient (Wildman–Crippen LogP) is 1.27. The maximum atomic E-state index is 11.8. The standard InChI is InChI=1S/C10H17N3O2S/c1-2-10(4-3-5-10)7-13-16(14,15)9-6-11-8-12-9/h6,8,13H,2-5,7H2,1H3,(H,11,12). The SMILES string of the molecule is CCC1(CNS(=O)(=O)c2cnc[nH]2)CCC1. The van der Waals surface area contributed by atoms with Gasteiger partial charge in [-0.05, 0) is 24.7 Å². The molecule has 0 spiro atoms. The second kappa shape index (κ2) is 4.18. The summed E-state index contributed by atoms with van der Waals surface area (Å²) in [5.74, 6) is 0. The zero-order chi connectivity index (χ0) is 11.6. The molecule has 2 rings (SSSR count). The van der Waals surface area contributed by atoms with Crippen LogP contribution in [0.25, 0.3) is 0 Å². The molecule has 5 nitrogen and oxygen atoms in total. The maximum absolute atomic E-state index is 11.8. The van der Waals surface area contributed by atoms with Crippen molar-refractivity contribution in [2.75, 3.05) is 6.54 Å². The molecule has 1 aromatic heterocycles. The van der Waals surface area contributed by atoms with Gasteiger partial charge in [-0.3, -0.25) is 0 Å². The van der Waals surface area contributed by atoms with Crippen molar-refractivity contribution in [1.82, 2.24) is 14.7 Å². The Labute approximate surface area is 95.7 Å². The number of hydrogen-bond acceptors (Lipinski definition) is 3. The number of aromatic nitrogens is 2. The van der Waals surface area contributed by atoms with Crippen molar-refractivity contribution in [3.05, 3.63) is 12.5 Å². The van der Waals surface area contributed by atoms with Gasteiger partial charge in [0.15, 0.2) is 5.03 Å². The monoisotopic (exact) mass is 243 g/mol. The number of rotatable bonds is 5. The lowest BCUT2D eigenvalue weighted by molar-refractivity contribution is 0.133. The Balaban J connectivity index is 2.00. The van der Waals surface area contributed by atoms with E-state index in [0.29, 0.717) is 6.54 Å². The van der Waals surface area contributed by atoms with Crippen LogP contribution in [0.3, 0.4) is 0 Å². The second-order valence-electron chi connectivity index (χ2n) is 4.45. The summed E-state index contributed by atoms with van der Waals surface area (Å²) >= 11 is 0. The second-order valence-corrected chi connectivity index (χ2v) is 6.18. The third-order valence-electron chi connectivity index (χ3n) is 3.56. The minimum Gasteiger partial charge on any atom is -0.335 e. The first-order valence-corrected chi connectivity index (χ1v) is 7.04. The van der Waals surface area contributed by atoms with E-state index in [9.17, 15) is 8.42 Å². The van der Waals surface area contributed by atoms with Gasteiger partial charge in [-0.15, -0.1) is 0 Å². The lowest BCUT2D eigenvalue weighted by atomic mass is 9.67. The fourth-order valence-corrected chi connectivity index (χ4v) is 3.11. The van der Waals surface area contributed by atoms with Crippen LogP contribution in [0, 0.1) is 5.41 Å². The van der Waals surface area contributed by atoms with E-state index in [4.69, 9.17) is 0 Å². The number of hydrogen-bond donors (Lipinski definition) is 2. The van der Waals surface area contributed by atoms with Crippen LogP contribution < -0.4 is 4.72 Å². The van der Waals surface area contributed by atoms with Crippen molar-refractivity contribution >= 4 is 10.0 Å². The molecule has 0 aliphatic heterocycles. The molecule has 0 bridgehead atoms. The highest BCUT2D eigenvalue weighted by Gasteiger charge is 2.36. The van der Waals surface area contributed by atoms with Gasteiger partial charge in [0.1, 0.15) is 0 Å². The predicted molar refractivity (Wildman–Crippen MR) is 60.4 cm³/mol. The largest absolute Gasteiger partial charge is 0.335 e. The van der Waals surface area contributed by atoms with Crippen molar-refractivity contribution in [1.29, 1.82) is 0 Å². The minimum absolute atomic E-state index is 0.137. The summed E-state index contributed by atoms with van der Waals surface area (Å²) in [5, 5.41) is 0.137. The van der Waals surface area contributed by atoms with E-state index in [0.717, 1.165) is 19.3 Å². The number of imidazole rings is 1. The van der Waals surface area contributed by atoms with Crippen molar-refractivity contribution in [3.8, 4) is 0 Å². The van der Waals surface area contributed by atoms with Gasteiger partial charge in [0, 0.05) is 6.54 Å². The molecule has 1 fully saturated rings. The Morgan fingerprint density at radius 3 is 2.75 bits per heavy atom. The molecule has 1 heterocycles. The fraction of sp³-hybridized carbons (Fsp3) is 0.700. The first-order valence-electron chi connectivity index (χ1n) is 5.56. The van der Waals surface area contributed by atoms with E-state index in [1.165, 1.54) is 18.9 Å². The van der Waals surface area contributed by atoms with E-state index in [1.54, 1.807) is 0 Å². The van der Waals surface area contributed by atoms with Gasteiger partial charge < -0.3 is 4.98 Å². The fourth-order valence-electron chi connectivity index (χ4n) is 2.05. The molecule has 1 aromatic rings. The highest BCUT2D eigenvalue weighted by molar-refractivity contribution is 7.89. The van der Waals surface area contributed by atoms with E-state index in [-0.39, 0.29) is 10.4 Å². The molecule has 6 heteroatoms. The third kappa shape index (κ3) is 2.12. The molecule has 2 N–H and O–H groups in total. The summed E-state index contributed by atoms with van der Waals surface area (Å²) in [4.78, 5) is 6.32. The zero-order valence-electron chi connectivity index (χ0n) is 9.36. The Morgan fingerprint density at radius 2 is 2.31 bits per heavy atom. The van der Waals surface area contributed by atoms with Crippen LogP contribution in [-0.4, -0.2) is 24.9 Å². The highest BCUT2D eigenvalue weighted by Crippen LogP contribution is 2.43. The number of nitrogens with one attached hydrogen (secondary N) is 2. The average Bonchev–Trinajstić information content (AvgIpc) is 2.70. The van der Waals surface area contributed by atoms with Crippen LogP contribution in [0.15, 0.2) is 17.6 Å². The van der Waals surface area contributed by atoms with Crippen molar-refractivity contribution in [3.63, 3.8) is 0 Å². The van der Waals surface area contributed by atoms with E-state index >= 15 is 0 Å². The Bertz CT molecular complexity index is 429. The Morgan fingerprint density at radius 1 is 1.56 bits per heavy atom. The summed E-state index contributed by atoms with van der Waals surface area (Å²) < 4.78 is 26.3. The quantitative estimate of drug-likeness (QED) is 0.817. The summed E-state index contributed by atoms with van der Waals surface area (Å²) in [7, 11) is -3.40. The van der Waals surface area contributed by atoms with E-state index in [2.05, 4.69) is 21.6 Å². The lowest BCUT2D eigenvalue weighted by Gasteiger charge is -2.41. The Kier molecular flexibility index (Phi) is 3.03. The maximum Gasteiger partial charge on any atom is 0.257 e. The number of sulfonamides is 1. The average molecular weight is 243 g/mol. The van der Waals surface area contributed by atoms with Gasteiger partial charge in [0.25, 0.3) is 10.0 Å². The molecular formula is C10H17N3O2S. The summed E-state index contributed by atoms with van der Waals surface area (Å²) in [6.45, 7) is 2.65. The molecule has 0 atom stereocenters. The van der Waals surface area contributed by atoms with Crippen LogP contribution in [-0.2, 0) is 10.0 Å². The van der Waals surface area contributed by atoms with E-state index < -0.39 is 10.0 Å². The molecule has 0 radical (unpaired) electrons. The Hall–Kier alpha value is -0.880. The van der Waals surface area contributed by atoms with Crippen molar-refractivity contribution < 1.29 is 8.42 Å². The van der Waals surface area contributed by atoms with Crippen LogP contribution in [0.1, 0.15) is 32.6 Å². The van der Waals surface area contributed by atoms with Gasteiger partial charge in [-0.25, -0.2) is 18.1 Å². The minimum atomic E-state index is -3.40. The highest BCUT2D eigenvalue weighted by atomic mass is 32.2. The molecule has 1 saturated carbocycles. The van der Waals surface area contributed by atoms with Crippen LogP contribution in [0.5, 0.6) is 0 Å². The smallest absolute Gasteiger partial charge is 0.257 e. The number of aromatic amines is 1. The number of nitrogens with zero attached hydrogens (tertiary/aromatic N) is 1. The van der Waals surface area contributed by atoms with Crippen LogP contribution in [0.2, 0.25) is 0 Å². The van der Waals surface area contributed by atoms with Gasteiger partial charge in [0.05, 0.1) is 12.5 Å². The summed E-state index contributed by atoms with van der Waals surface area (Å²) in [6, 6.07) is 0. The third-order valence-corrected chi connectivity index (χ3v) is 4.89. The van der Waals surface area contributed by atoms with Crippen molar-refractivity contribution in [2.45, 2.75) is 37.6 Å². The molecule has 0 saturated heterocycles. The van der Waals surface area contributed by atoms with Gasteiger partial charge in [-0.1, -0.05) is 13.3 Å². The molecule has 1 aliphatic carbocycles. The molecular weight excluding hydrogens is 226 g/mol. The molecule has 1 aliphatic rings. The van der Waals surface area contributed by atoms with Gasteiger partial charge in [-0.2, -0.15) is 0 Å². The molecule has 16 heavy (non-hydrogen) atoms. The molecule has 0 amide bonds. The van der Waals surface area contributed by atoms with Crippen molar-refractivity contribution in [2.24, 2.45) is 5.41 Å². The molecule has 90 valence electrons. The molecule has 0 aromatic carbocycles. The van der Waals surface area contributed by atoms with Crippen LogP contribution >= 0.6 is 0 Å². The van der Waals surface area contributed by atoms with E-state index in [1.807, 2.05) is 0 Å². The zero-order valence-corrected chi connectivity index (χ0v) is 10.2. The van der Waals surface area contributed by atoms with Crippen LogP contribution in [0.4, 0.5) is 0 Å². The molecule has 0 unspecified atom stereocenters. The van der Waals surface area contributed by atoms with Gasteiger partial charge >= 0.3 is 0 Å². The summed E-state index contributed by atoms with van der Waals surface area (Å²) in [6.07, 6.45) is 7.16. The first-order chi connectivity index (χ1) is 7.58. The topological polar surface area (TPSA) is 74.8 Å². The normalized spacial score (nSPS) is 19.3. The van der Waals surface area contributed by atoms with Gasteiger partial charge in [0.2, 0.25) is 0 Å². The first kappa shape index (κ1) is 11.6. The number of H-pyrrole nitrogens is 1. The lowest BCUT2D eigenvalue weighted by Crippen LogP contribution is -2.41. The summed E-state index contributed by atoms with van der Waals surface area (Å²) in [5.41, 5.74) is 0.188.